The molecule has 2 N–H and O–H groups in total. The molecule has 0 bridgehead atoms. The van der Waals surface area contributed by atoms with E-state index in [9.17, 15) is 9.59 Å². The Bertz CT molecular complexity index is 1220. The Labute approximate surface area is 232 Å². The minimum absolute atomic E-state index is 0.0833. The van der Waals surface area contributed by atoms with Crippen molar-refractivity contribution in [1.82, 2.24) is 25.4 Å². The van der Waals surface area contributed by atoms with E-state index >= 15 is 0 Å². The topological polar surface area (TPSA) is 88.9 Å². The smallest absolute Gasteiger partial charge is 0.253 e. The van der Waals surface area contributed by atoms with Crippen LogP contribution in [0.25, 0.3) is 0 Å². The summed E-state index contributed by atoms with van der Waals surface area (Å²) in [6, 6.07) is 14.3. The first kappa shape index (κ1) is 28.8. The van der Waals surface area contributed by atoms with E-state index in [0.717, 1.165) is 6.42 Å². The lowest BCUT2D eigenvalue weighted by Crippen LogP contribution is -2.32. The number of nitrogens with one attached hydrogen (secondary N) is 2. The Hall–Kier alpha value is -2.81. The molecule has 0 saturated heterocycles. The lowest BCUT2D eigenvalue weighted by atomic mass is 10.0. The maximum Gasteiger partial charge on any atom is 0.253 e. The summed E-state index contributed by atoms with van der Waals surface area (Å²) in [5, 5.41) is 16.0. The van der Waals surface area contributed by atoms with E-state index in [4.69, 9.17) is 23.2 Å². The number of thioether (sulfide) groups is 1. The Kier molecular flexibility index (Phi) is 11.0. The summed E-state index contributed by atoms with van der Waals surface area (Å²) in [4.78, 5) is 25.5. The number of carbonyl (C=O) groups excluding carboxylic acids is 2. The average molecular weight is 561 g/mol. The number of amides is 2. The van der Waals surface area contributed by atoms with Crippen molar-refractivity contribution in [3.63, 3.8) is 0 Å². The number of rotatable bonds is 13. The van der Waals surface area contributed by atoms with Gasteiger partial charge in [-0.2, -0.15) is 0 Å². The van der Waals surface area contributed by atoms with Crippen LogP contribution in [-0.2, 0) is 17.8 Å². The van der Waals surface area contributed by atoms with Gasteiger partial charge in [0.2, 0.25) is 5.91 Å². The second kappa shape index (κ2) is 14.2. The van der Waals surface area contributed by atoms with Crippen LogP contribution in [-0.4, -0.2) is 38.9 Å². The lowest BCUT2D eigenvalue weighted by molar-refractivity contribution is -0.118. The summed E-state index contributed by atoms with van der Waals surface area (Å²) < 4.78 is 1.88. The number of hydrogen-bond acceptors (Lipinski definition) is 5. The van der Waals surface area contributed by atoms with Gasteiger partial charge in [0.1, 0.15) is 0 Å². The molecule has 7 nitrogen and oxygen atoms in total. The number of hydrogen-bond donors (Lipinski definition) is 2. The molecule has 0 unspecified atom stereocenters. The van der Waals surface area contributed by atoms with Crippen LogP contribution >= 0.6 is 35.0 Å². The van der Waals surface area contributed by atoms with E-state index in [-0.39, 0.29) is 28.5 Å². The highest BCUT2D eigenvalue weighted by Crippen LogP contribution is 2.27. The van der Waals surface area contributed by atoms with E-state index in [1.165, 1.54) is 23.4 Å². The molecule has 0 aliphatic carbocycles. The molecule has 0 saturated carbocycles. The van der Waals surface area contributed by atoms with Crippen molar-refractivity contribution in [1.29, 1.82) is 0 Å². The van der Waals surface area contributed by atoms with E-state index in [0.29, 0.717) is 41.1 Å². The van der Waals surface area contributed by atoms with Crippen LogP contribution in [0.4, 0.5) is 0 Å². The van der Waals surface area contributed by atoms with E-state index in [1.54, 1.807) is 18.2 Å². The van der Waals surface area contributed by atoms with Gasteiger partial charge in [0.05, 0.1) is 22.4 Å². The molecule has 0 aliphatic heterocycles. The molecule has 1 heterocycles. The standard InChI is InChI=1S/C27H31Cl2N5O2S/c1-4-14-34-25(23(15-18(2)3)31-26(36)21-11-10-20(28)16-22(21)29)32-33-27(34)37-17-24(35)30-13-12-19-8-6-5-7-9-19/h4-11,16,18,23H,1,12-15,17H2,2-3H3,(H,30,35)(H,31,36)/t23-/m0/s1. The van der Waals surface area contributed by atoms with Crippen LogP contribution < -0.4 is 10.6 Å². The molecule has 0 spiro atoms. The van der Waals surface area contributed by atoms with Crippen molar-refractivity contribution in [3.8, 4) is 0 Å². The van der Waals surface area contributed by atoms with Crippen LogP contribution in [0, 0.1) is 5.92 Å². The second-order valence-electron chi connectivity index (χ2n) is 8.89. The largest absolute Gasteiger partial charge is 0.355 e. The van der Waals surface area contributed by atoms with Gasteiger partial charge in [-0.3, -0.25) is 9.59 Å². The van der Waals surface area contributed by atoms with Gasteiger partial charge in [0.25, 0.3) is 5.91 Å². The average Bonchev–Trinajstić information content (AvgIpc) is 3.25. The second-order valence-corrected chi connectivity index (χ2v) is 10.7. The summed E-state index contributed by atoms with van der Waals surface area (Å²) in [6.07, 6.45) is 3.14. The minimum atomic E-state index is -0.416. The van der Waals surface area contributed by atoms with Gasteiger partial charge < -0.3 is 15.2 Å². The highest BCUT2D eigenvalue weighted by atomic mass is 35.5. The molecule has 1 aromatic heterocycles. The molecule has 0 aliphatic rings. The van der Waals surface area contributed by atoms with Crippen molar-refractivity contribution in [2.45, 2.75) is 44.4 Å². The lowest BCUT2D eigenvalue weighted by Gasteiger charge is -2.21. The van der Waals surface area contributed by atoms with Crippen LogP contribution in [0.2, 0.25) is 10.0 Å². The zero-order chi connectivity index (χ0) is 26.8. The summed E-state index contributed by atoms with van der Waals surface area (Å²) in [5.74, 6) is 0.656. The van der Waals surface area contributed by atoms with Gasteiger partial charge in [0, 0.05) is 18.1 Å². The predicted molar refractivity (Wildman–Crippen MR) is 150 cm³/mol. The summed E-state index contributed by atoms with van der Waals surface area (Å²) >= 11 is 13.5. The third-order valence-electron chi connectivity index (χ3n) is 5.47. The first-order valence-electron chi connectivity index (χ1n) is 12.0. The van der Waals surface area contributed by atoms with Gasteiger partial charge in [0.15, 0.2) is 11.0 Å². The third kappa shape index (κ3) is 8.62. The van der Waals surface area contributed by atoms with Crippen LogP contribution in [0.15, 0.2) is 66.3 Å². The van der Waals surface area contributed by atoms with Gasteiger partial charge in [-0.25, -0.2) is 0 Å². The molecule has 3 rings (SSSR count). The normalized spacial score (nSPS) is 11.8. The highest BCUT2D eigenvalue weighted by molar-refractivity contribution is 7.99. The zero-order valence-electron chi connectivity index (χ0n) is 20.9. The van der Waals surface area contributed by atoms with E-state index in [1.807, 2.05) is 34.9 Å². The molecule has 196 valence electrons. The monoisotopic (exact) mass is 559 g/mol. The molecule has 10 heteroatoms. The first-order chi connectivity index (χ1) is 17.8. The van der Waals surface area contributed by atoms with Crippen molar-refractivity contribution in [2.75, 3.05) is 12.3 Å². The highest BCUT2D eigenvalue weighted by Gasteiger charge is 2.25. The van der Waals surface area contributed by atoms with Crippen molar-refractivity contribution in [2.24, 2.45) is 5.92 Å². The number of aromatic nitrogens is 3. The number of nitrogens with zero attached hydrogens (tertiary/aromatic N) is 3. The minimum Gasteiger partial charge on any atom is -0.355 e. The molecule has 3 aromatic rings. The third-order valence-corrected chi connectivity index (χ3v) is 6.98. The molecule has 2 amide bonds. The molecule has 0 radical (unpaired) electrons. The van der Waals surface area contributed by atoms with Crippen molar-refractivity contribution < 1.29 is 9.59 Å². The van der Waals surface area contributed by atoms with Crippen molar-refractivity contribution in [3.05, 3.63) is 88.2 Å². The molecular weight excluding hydrogens is 529 g/mol. The summed E-state index contributed by atoms with van der Waals surface area (Å²) in [6.45, 7) is 8.98. The quantitative estimate of drug-likeness (QED) is 0.206. The number of carbonyl (C=O) groups is 2. The molecular formula is C27H31Cl2N5O2S. The fourth-order valence-corrected chi connectivity index (χ4v) is 5.03. The SMILES string of the molecule is C=CCn1c(SCC(=O)NCCc2ccccc2)nnc1[C@H](CC(C)C)NC(=O)c1ccc(Cl)cc1Cl. The molecule has 37 heavy (non-hydrogen) atoms. The maximum atomic E-state index is 13.1. The predicted octanol–water partition coefficient (Wildman–Crippen LogP) is 5.74. The Morgan fingerprint density at radius 1 is 1.14 bits per heavy atom. The van der Waals surface area contributed by atoms with E-state index < -0.39 is 6.04 Å². The molecule has 2 aromatic carbocycles. The Balaban J connectivity index is 1.69. The molecule has 1 atom stereocenters. The van der Waals surface area contributed by atoms with E-state index in [2.05, 4.69) is 41.3 Å². The van der Waals surface area contributed by atoms with Gasteiger partial charge >= 0.3 is 0 Å². The first-order valence-corrected chi connectivity index (χ1v) is 13.8. The van der Waals surface area contributed by atoms with Gasteiger partial charge in [-0.15, -0.1) is 16.8 Å². The number of halogens is 2. The molecule has 0 fully saturated rings. The Morgan fingerprint density at radius 2 is 1.89 bits per heavy atom. The fourth-order valence-electron chi connectivity index (χ4n) is 3.75. The number of allylic oxidation sites excluding steroid dienone is 1. The maximum absolute atomic E-state index is 13.1. The number of benzene rings is 2. The van der Waals surface area contributed by atoms with Gasteiger partial charge in [-0.1, -0.05) is 85.2 Å². The summed E-state index contributed by atoms with van der Waals surface area (Å²) in [5.41, 5.74) is 1.50. The van der Waals surface area contributed by atoms with Crippen LogP contribution in [0.5, 0.6) is 0 Å². The van der Waals surface area contributed by atoms with Gasteiger partial charge in [-0.05, 0) is 42.5 Å². The zero-order valence-corrected chi connectivity index (χ0v) is 23.2. The van der Waals surface area contributed by atoms with Crippen molar-refractivity contribution >= 4 is 46.8 Å². The van der Waals surface area contributed by atoms with Crippen LogP contribution in [0.3, 0.4) is 0 Å². The Morgan fingerprint density at radius 3 is 2.57 bits per heavy atom. The fraction of sp³-hybridized carbons (Fsp3) is 0.333. The summed E-state index contributed by atoms with van der Waals surface area (Å²) in [7, 11) is 0. The van der Waals surface area contributed by atoms with Crippen LogP contribution in [0.1, 0.15) is 48.1 Å².